The first-order valence-electron chi connectivity index (χ1n) is 9.89. The minimum Gasteiger partial charge on any atom is -0.399 e. The van der Waals surface area contributed by atoms with Gasteiger partial charge in [0.05, 0.1) is 9.79 Å². The van der Waals surface area contributed by atoms with Crippen molar-refractivity contribution >= 4 is 32.6 Å². The van der Waals surface area contributed by atoms with Gasteiger partial charge in [0.15, 0.2) is 0 Å². The van der Waals surface area contributed by atoms with E-state index in [9.17, 15) is 8.42 Å². The molecular formula is C25H26N4O2S. The van der Waals surface area contributed by atoms with Crippen LogP contribution < -0.4 is 22.9 Å². The van der Waals surface area contributed by atoms with Gasteiger partial charge < -0.3 is 22.9 Å². The maximum atomic E-state index is 12.2. The van der Waals surface area contributed by atoms with Crippen molar-refractivity contribution in [1.82, 2.24) is 0 Å². The third-order valence-corrected chi connectivity index (χ3v) is 6.53. The highest BCUT2D eigenvalue weighted by Crippen LogP contribution is 2.22. The molecule has 0 atom stereocenters. The molecule has 8 N–H and O–H groups in total. The largest absolute Gasteiger partial charge is 0.399 e. The SMILES string of the molecule is Nc1ccc(Cc2ccc(N)cc2)cc1.Nc1ccc(S(=O)(=O)c2ccc(N)cc2)cc1. The van der Waals surface area contributed by atoms with Crippen molar-refractivity contribution in [3.8, 4) is 0 Å². The molecule has 0 bridgehead atoms. The molecule has 0 aromatic heterocycles. The fourth-order valence-corrected chi connectivity index (χ4v) is 4.20. The molecule has 0 spiro atoms. The molecule has 0 unspecified atom stereocenters. The predicted octanol–water partition coefficient (Wildman–Crippen LogP) is 4.13. The van der Waals surface area contributed by atoms with Crippen molar-refractivity contribution in [2.45, 2.75) is 16.2 Å². The van der Waals surface area contributed by atoms with Crippen molar-refractivity contribution < 1.29 is 8.42 Å². The molecule has 4 aromatic carbocycles. The third-order valence-electron chi connectivity index (χ3n) is 4.75. The average Bonchev–Trinajstić information content (AvgIpc) is 2.78. The standard InChI is InChI=1S/C13H14N2.C12H12N2O2S/c14-12-5-1-10(2-6-12)9-11-3-7-13(15)8-4-11;13-9-1-5-11(6-2-9)17(15,16)12-7-3-10(14)4-8-12/h1-8H,9,14-15H2;1-8H,13-14H2. The summed E-state index contributed by atoms with van der Waals surface area (Å²) in [5, 5.41) is 0. The molecule has 0 fully saturated rings. The van der Waals surface area contributed by atoms with Crippen LogP contribution in [0.25, 0.3) is 0 Å². The van der Waals surface area contributed by atoms with Crippen molar-refractivity contribution in [3.63, 3.8) is 0 Å². The maximum absolute atomic E-state index is 12.2. The van der Waals surface area contributed by atoms with Gasteiger partial charge in [-0.05, 0) is 90.3 Å². The first-order chi connectivity index (χ1) is 15.2. The van der Waals surface area contributed by atoms with Crippen molar-refractivity contribution in [2.75, 3.05) is 22.9 Å². The lowest BCUT2D eigenvalue weighted by Crippen LogP contribution is -2.02. The molecule has 6 nitrogen and oxygen atoms in total. The normalized spacial score (nSPS) is 10.8. The van der Waals surface area contributed by atoms with Gasteiger partial charge in [0.2, 0.25) is 9.84 Å². The van der Waals surface area contributed by atoms with Crippen LogP contribution in [0.3, 0.4) is 0 Å². The molecule has 0 saturated heterocycles. The monoisotopic (exact) mass is 446 g/mol. The second-order valence-electron chi connectivity index (χ2n) is 7.30. The van der Waals surface area contributed by atoms with E-state index in [0.29, 0.717) is 11.4 Å². The molecular weight excluding hydrogens is 420 g/mol. The number of hydrogen-bond donors (Lipinski definition) is 4. The number of rotatable bonds is 4. The zero-order valence-corrected chi connectivity index (χ0v) is 18.3. The number of hydrogen-bond acceptors (Lipinski definition) is 6. The lowest BCUT2D eigenvalue weighted by molar-refractivity contribution is 0.596. The van der Waals surface area contributed by atoms with Crippen LogP contribution in [-0.2, 0) is 16.3 Å². The molecule has 4 aromatic rings. The van der Waals surface area contributed by atoms with Gasteiger partial charge in [-0.25, -0.2) is 8.42 Å². The Bertz CT molecular complexity index is 1160. The second kappa shape index (κ2) is 9.89. The average molecular weight is 447 g/mol. The molecule has 0 aliphatic heterocycles. The molecule has 164 valence electrons. The van der Waals surface area contributed by atoms with Crippen molar-refractivity contribution in [1.29, 1.82) is 0 Å². The highest BCUT2D eigenvalue weighted by molar-refractivity contribution is 7.91. The van der Waals surface area contributed by atoms with Crippen LogP contribution in [0.4, 0.5) is 22.7 Å². The van der Waals surface area contributed by atoms with Gasteiger partial charge >= 0.3 is 0 Å². The molecule has 0 amide bonds. The van der Waals surface area contributed by atoms with E-state index in [0.717, 1.165) is 17.8 Å². The van der Waals surface area contributed by atoms with E-state index in [4.69, 9.17) is 22.9 Å². The summed E-state index contributed by atoms with van der Waals surface area (Å²) in [7, 11) is -3.48. The Hall–Kier alpha value is -3.97. The van der Waals surface area contributed by atoms with Gasteiger partial charge in [-0.1, -0.05) is 24.3 Å². The van der Waals surface area contributed by atoms with E-state index in [2.05, 4.69) is 0 Å². The lowest BCUT2D eigenvalue weighted by atomic mass is 10.0. The Balaban J connectivity index is 0.000000182. The fourth-order valence-electron chi connectivity index (χ4n) is 2.94. The van der Waals surface area contributed by atoms with Crippen LogP contribution in [0.5, 0.6) is 0 Å². The summed E-state index contributed by atoms with van der Waals surface area (Å²) >= 11 is 0. The van der Waals surface area contributed by atoms with Gasteiger partial charge in [-0.3, -0.25) is 0 Å². The van der Waals surface area contributed by atoms with Gasteiger partial charge in [-0.15, -0.1) is 0 Å². The van der Waals surface area contributed by atoms with Crippen molar-refractivity contribution in [3.05, 3.63) is 108 Å². The summed E-state index contributed by atoms with van der Waals surface area (Å²) < 4.78 is 24.3. The van der Waals surface area contributed by atoms with Crippen LogP contribution in [0, 0.1) is 0 Å². The molecule has 0 radical (unpaired) electrons. The number of anilines is 4. The van der Waals surface area contributed by atoms with E-state index in [1.54, 1.807) is 24.3 Å². The van der Waals surface area contributed by atoms with E-state index in [-0.39, 0.29) is 9.79 Å². The third kappa shape index (κ3) is 6.02. The molecule has 7 heteroatoms. The molecule has 4 rings (SSSR count). The maximum Gasteiger partial charge on any atom is 0.206 e. The topological polar surface area (TPSA) is 138 Å². The number of nitrogen functional groups attached to an aromatic ring is 4. The number of benzene rings is 4. The Morgan fingerprint density at radius 2 is 0.688 bits per heavy atom. The fraction of sp³-hybridized carbons (Fsp3) is 0.0400. The minimum atomic E-state index is -3.48. The van der Waals surface area contributed by atoms with E-state index < -0.39 is 9.84 Å². The van der Waals surface area contributed by atoms with Crippen LogP contribution in [0.2, 0.25) is 0 Å². The minimum absolute atomic E-state index is 0.219. The van der Waals surface area contributed by atoms with Gasteiger partial charge in [0.25, 0.3) is 0 Å². The zero-order valence-electron chi connectivity index (χ0n) is 17.5. The Kier molecular flexibility index (Phi) is 7.02. The molecule has 32 heavy (non-hydrogen) atoms. The van der Waals surface area contributed by atoms with Gasteiger partial charge in [-0.2, -0.15) is 0 Å². The Morgan fingerprint density at radius 1 is 0.438 bits per heavy atom. The van der Waals surface area contributed by atoms with E-state index in [1.165, 1.54) is 35.4 Å². The van der Waals surface area contributed by atoms with Crippen molar-refractivity contribution in [2.24, 2.45) is 0 Å². The summed E-state index contributed by atoms with van der Waals surface area (Å²) in [4.78, 5) is 0.438. The second-order valence-corrected chi connectivity index (χ2v) is 9.25. The summed E-state index contributed by atoms with van der Waals surface area (Å²) in [6, 6.07) is 28.1. The Morgan fingerprint density at radius 3 is 0.969 bits per heavy atom. The molecule has 0 saturated carbocycles. The molecule has 0 heterocycles. The van der Waals surface area contributed by atoms with E-state index >= 15 is 0 Å². The van der Waals surface area contributed by atoms with Gasteiger partial charge in [0.1, 0.15) is 0 Å². The van der Waals surface area contributed by atoms with Crippen LogP contribution in [-0.4, -0.2) is 8.42 Å². The van der Waals surface area contributed by atoms with Crippen LogP contribution in [0.15, 0.2) is 107 Å². The predicted molar refractivity (Wildman–Crippen MR) is 132 cm³/mol. The highest BCUT2D eigenvalue weighted by Gasteiger charge is 2.16. The smallest absolute Gasteiger partial charge is 0.206 e. The highest BCUT2D eigenvalue weighted by atomic mass is 32.2. The first kappa shape index (κ1) is 22.7. The zero-order chi connectivity index (χ0) is 23.1. The van der Waals surface area contributed by atoms with Crippen LogP contribution >= 0.6 is 0 Å². The van der Waals surface area contributed by atoms with E-state index in [1.807, 2.05) is 48.5 Å². The summed E-state index contributed by atoms with van der Waals surface area (Å²) in [5.74, 6) is 0. The Labute approximate surface area is 188 Å². The first-order valence-corrected chi connectivity index (χ1v) is 11.4. The van der Waals surface area contributed by atoms with Crippen LogP contribution in [0.1, 0.15) is 11.1 Å². The molecule has 0 aliphatic rings. The quantitative estimate of drug-likeness (QED) is 0.348. The number of sulfone groups is 1. The van der Waals surface area contributed by atoms with Gasteiger partial charge in [0, 0.05) is 22.7 Å². The number of nitrogens with two attached hydrogens (primary N) is 4. The summed E-state index contributed by atoms with van der Waals surface area (Å²) in [6.07, 6.45) is 0.917. The summed E-state index contributed by atoms with van der Waals surface area (Å²) in [6.45, 7) is 0. The molecule has 0 aliphatic carbocycles. The lowest BCUT2D eigenvalue weighted by Gasteiger charge is -2.05. The summed E-state index contributed by atoms with van der Waals surface area (Å²) in [5.41, 5.74) is 27.5.